The van der Waals surface area contributed by atoms with Crippen molar-refractivity contribution in [1.29, 1.82) is 0 Å². The summed E-state index contributed by atoms with van der Waals surface area (Å²) in [7, 11) is 0. The maximum absolute atomic E-state index is 15.2. The number of esters is 4. The van der Waals surface area contributed by atoms with E-state index in [-0.39, 0.29) is 23.7 Å². The molecule has 540 valence electrons. The molecular formula is C88H140O8. The number of hydrogen-bond acceptors (Lipinski definition) is 8. The average molecular weight is 1330 g/mol. The normalized spacial score (nSPS) is 13.1. The van der Waals surface area contributed by atoms with E-state index in [9.17, 15) is 0 Å². The Morgan fingerprint density at radius 2 is 0.375 bits per heavy atom. The molecule has 0 radical (unpaired) electrons. The van der Waals surface area contributed by atoms with Crippen LogP contribution in [0.2, 0.25) is 0 Å². The predicted molar refractivity (Wildman–Crippen MR) is 410 cm³/mol. The van der Waals surface area contributed by atoms with E-state index in [1.807, 2.05) is 48.5 Å². The molecule has 0 bridgehead atoms. The minimum Gasteiger partial charge on any atom is -0.462 e. The summed E-state index contributed by atoms with van der Waals surface area (Å²) >= 11 is 0. The van der Waals surface area contributed by atoms with Crippen LogP contribution in [0.3, 0.4) is 0 Å². The maximum atomic E-state index is 15.2. The van der Waals surface area contributed by atoms with Crippen LogP contribution in [0.1, 0.15) is 405 Å². The van der Waals surface area contributed by atoms with Gasteiger partial charge in [-0.2, -0.15) is 0 Å². The van der Waals surface area contributed by atoms with Crippen LogP contribution in [-0.2, 0) is 18.9 Å². The molecule has 0 aromatic heterocycles. The van der Waals surface area contributed by atoms with Gasteiger partial charge in [0.2, 0.25) is 0 Å². The van der Waals surface area contributed by atoms with Crippen molar-refractivity contribution in [3.05, 3.63) is 70.8 Å². The number of rotatable bonds is 60. The molecule has 0 aliphatic rings. The average Bonchev–Trinajstić information content (AvgIpc) is 0.708. The van der Waals surface area contributed by atoms with Gasteiger partial charge >= 0.3 is 23.9 Å². The van der Waals surface area contributed by atoms with E-state index in [2.05, 4.69) is 55.4 Å². The Morgan fingerprint density at radius 3 is 0.552 bits per heavy atom. The largest absolute Gasteiger partial charge is 0.462 e. The molecule has 5 rings (SSSR count). The molecule has 0 N–H and O–H groups in total. The third kappa shape index (κ3) is 28.9. The summed E-state index contributed by atoms with van der Waals surface area (Å²) in [5.41, 5.74) is 1.41. The summed E-state index contributed by atoms with van der Waals surface area (Å²) in [6.07, 6.45) is 56.0. The van der Waals surface area contributed by atoms with Crippen molar-refractivity contribution in [3.63, 3.8) is 0 Å². The Hall–Kier alpha value is -4.72. The Kier molecular flexibility index (Phi) is 43.2. The Labute approximate surface area is 586 Å². The van der Waals surface area contributed by atoms with Crippen molar-refractivity contribution in [2.24, 2.45) is 23.7 Å². The van der Waals surface area contributed by atoms with Crippen molar-refractivity contribution >= 4 is 67.0 Å². The molecule has 0 aliphatic heterocycles. The molecule has 4 atom stereocenters. The van der Waals surface area contributed by atoms with E-state index < -0.39 is 23.9 Å². The molecule has 4 unspecified atom stereocenters. The van der Waals surface area contributed by atoms with E-state index in [0.29, 0.717) is 59.5 Å². The quantitative estimate of drug-likeness (QED) is 0.0125. The molecule has 0 fully saturated rings. The predicted octanol–water partition coefficient (Wildman–Crippen LogP) is 27.7. The minimum atomic E-state index is -0.432. The van der Waals surface area contributed by atoms with Crippen LogP contribution in [0, 0.1) is 23.7 Å². The van der Waals surface area contributed by atoms with Gasteiger partial charge in [0.05, 0.1) is 48.7 Å². The van der Waals surface area contributed by atoms with Gasteiger partial charge in [-0.05, 0) is 132 Å². The summed E-state index contributed by atoms with van der Waals surface area (Å²) in [4.78, 5) is 60.6. The van der Waals surface area contributed by atoms with Gasteiger partial charge in [-0.3, -0.25) is 0 Å². The van der Waals surface area contributed by atoms with Crippen LogP contribution in [0.5, 0.6) is 0 Å². The van der Waals surface area contributed by atoms with Crippen LogP contribution in [-0.4, -0.2) is 50.3 Å². The van der Waals surface area contributed by atoms with Gasteiger partial charge < -0.3 is 18.9 Å². The lowest BCUT2D eigenvalue weighted by Gasteiger charge is -2.22. The van der Waals surface area contributed by atoms with Gasteiger partial charge in [-0.15, -0.1) is 0 Å². The molecule has 5 aromatic carbocycles. The zero-order chi connectivity index (χ0) is 68.8. The third-order valence-corrected chi connectivity index (χ3v) is 21.3. The van der Waals surface area contributed by atoms with Crippen LogP contribution in [0.4, 0.5) is 0 Å². The molecule has 0 heterocycles. The molecule has 0 saturated heterocycles. The second kappa shape index (κ2) is 50.6. The van der Waals surface area contributed by atoms with Crippen LogP contribution in [0.25, 0.3) is 43.1 Å². The fraction of sp³-hybridized carbons (Fsp3) is 0.727. The lowest BCUT2D eigenvalue weighted by molar-refractivity contribution is 0.0408. The number of benzene rings is 5. The first-order valence-electron chi connectivity index (χ1n) is 41.0. The van der Waals surface area contributed by atoms with Crippen molar-refractivity contribution in [1.82, 2.24) is 0 Å². The van der Waals surface area contributed by atoms with Crippen molar-refractivity contribution in [3.8, 4) is 0 Å². The van der Waals surface area contributed by atoms with E-state index in [1.54, 1.807) is 0 Å². The van der Waals surface area contributed by atoms with Gasteiger partial charge in [-0.25, -0.2) is 19.2 Å². The highest BCUT2D eigenvalue weighted by atomic mass is 16.5. The highest BCUT2D eigenvalue weighted by Gasteiger charge is 2.29. The second-order valence-corrected chi connectivity index (χ2v) is 29.6. The number of hydrogen-bond donors (Lipinski definition) is 0. The topological polar surface area (TPSA) is 105 Å². The number of carbonyl (C=O) groups excluding carboxylic acids is 4. The second-order valence-electron chi connectivity index (χ2n) is 29.6. The number of ether oxygens (including phenoxy) is 4. The van der Waals surface area contributed by atoms with Gasteiger partial charge in [0.1, 0.15) is 0 Å². The van der Waals surface area contributed by atoms with E-state index in [4.69, 9.17) is 18.9 Å². The van der Waals surface area contributed by atoms with E-state index in [1.165, 1.54) is 205 Å². The fourth-order valence-electron chi connectivity index (χ4n) is 15.2. The summed E-state index contributed by atoms with van der Waals surface area (Å²) in [5, 5.41) is 5.88. The minimum absolute atomic E-state index is 0.252. The summed E-state index contributed by atoms with van der Waals surface area (Å²) in [5.74, 6) is -0.718. The van der Waals surface area contributed by atoms with Crippen LogP contribution in [0.15, 0.2) is 48.5 Å². The Morgan fingerprint density at radius 1 is 0.219 bits per heavy atom. The van der Waals surface area contributed by atoms with E-state index >= 15 is 19.2 Å². The molecule has 0 aliphatic carbocycles. The molecule has 8 heteroatoms. The summed E-state index contributed by atoms with van der Waals surface area (Å²) < 4.78 is 26.0. The van der Waals surface area contributed by atoms with Crippen LogP contribution < -0.4 is 0 Å². The Bertz CT molecular complexity index is 2510. The van der Waals surface area contributed by atoms with Crippen LogP contribution >= 0.6 is 0 Å². The standard InChI is InChI=1S/C88H140O8/c1-9-17-25-33-37-45-53-69(49-41-29-21-13-5)65-93-85(89)77-61-57-73-75-59-63-79(87(91)95-67-71(51-43-31-23-15-7)55-47-39-35-27-19-11-3)84-80(88(92)96-68-72(52-44-32-24-16-8)56-48-40-36-28-20-12-4)64-60-76(82(75)84)74-58-62-78(83(77)81(73)74)86(90)94-66-70(50-42-30-22-14-6)54-46-38-34-26-18-10-2/h57-64,69-72H,9-56,65-68H2,1-8H3. The van der Waals surface area contributed by atoms with Gasteiger partial charge in [0.15, 0.2) is 0 Å². The molecular weight excluding hydrogens is 1180 g/mol. The fourth-order valence-corrected chi connectivity index (χ4v) is 15.2. The molecule has 0 saturated carbocycles. The monoisotopic (exact) mass is 1330 g/mol. The van der Waals surface area contributed by atoms with Crippen molar-refractivity contribution < 1.29 is 38.1 Å². The van der Waals surface area contributed by atoms with E-state index in [0.717, 1.165) is 135 Å². The van der Waals surface area contributed by atoms with Gasteiger partial charge in [-0.1, -0.05) is 336 Å². The van der Waals surface area contributed by atoms with Gasteiger partial charge in [0, 0.05) is 10.8 Å². The highest BCUT2D eigenvalue weighted by Crippen LogP contribution is 2.45. The number of unbranched alkanes of at least 4 members (excludes halogenated alkanes) is 32. The molecule has 8 nitrogen and oxygen atoms in total. The van der Waals surface area contributed by atoms with Crippen molar-refractivity contribution in [2.75, 3.05) is 26.4 Å². The lowest BCUT2D eigenvalue weighted by atomic mass is 9.84. The smallest absolute Gasteiger partial charge is 0.338 e. The molecule has 0 spiro atoms. The first-order chi connectivity index (χ1) is 47.1. The summed E-state index contributed by atoms with van der Waals surface area (Å²) in [6, 6.07) is 15.4. The number of fused-ring (bicyclic) bond motifs is 2. The lowest BCUT2D eigenvalue weighted by Crippen LogP contribution is -2.18. The molecule has 5 aromatic rings. The Balaban J connectivity index is 1.67. The summed E-state index contributed by atoms with van der Waals surface area (Å²) in [6.45, 7) is 19.4. The zero-order valence-electron chi connectivity index (χ0n) is 63.0. The maximum Gasteiger partial charge on any atom is 0.338 e. The zero-order valence-corrected chi connectivity index (χ0v) is 63.0. The highest BCUT2D eigenvalue weighted by molar-refractivity contribution is 6.38. The first kappa shape index (κ1) is 82.0. The molecule has 96 heavy (non-hydrogen) atoms. The first-order valence-corrected chi connectivity index (χ1v) is 41.0. The SMILES string of the molecule is CCCCCCCCC(CCCCCC)COC(=O)c1ccc2c3ccc(C(=O)OCC(CCCCCC)CCCCCCCC)c4c(C(=O)OCC(CCCCCC)CCCCCCCC)ccc(c5ccc(C(=O)OCC(CCCCCC)CCCCCCCC)c1c25)c43. The number of carbonyl (C=O) groups is 4. The third-order valence-electron chi connectivity index (χ3n) is 21.3. The van der Waals surface area contributed by atoms with Crippen molar-refractivity contribution in [2.45, 2.75) is 364 Å². The van der Waals surface area contributed by atoms with Gasteiger partial charge in [0.25, 0.3) is 0 Å². The molecule has 0 amide bonds.